The molecule has 0 fully saturated rings. The van der Waals surface area contributed by atoms with E-state index in [1.54, 1.807) is 0 Å². The average Bonchev–Trinajstić information content (AvgIpc) is 2.97. The number of fused-ring (bicyclic) bond motifs is 1. The Hall–Kier alpha value is -1.71. The second-order valence-corrected chi connectivity index (χ2v) is 5.53. The van der Waals surface area contributed by atoms with Gasteiger partial charge >= 0.3 is 0 Å². The Morgan fingerprint density at radius 3 is 2.84 bits per heavy atom. The monoisotopic (exact) mass is 268 g/mol. The fraction of sp³-hybridized carbons (Fsp3) is 0.188. The third-order valence-electron chi connectivity index (χ3n) is 3.09. The summed E-state index contributed by atoms with van der Waals surface area (Å²) in [7, 11) is 0. The molecule has 0 saturated heterocycles. The van der Waals surface area contributed by atoms with Crippen LogP contribution in [0.25, 0.3) is 10.9 Å². The maximum atomic E-state index is 4.65. The summed E-state index contributed by atoms with van der Waals surface area (Å²) >= 11 is 1.82. The molecule has 0 saturated carbocycles. The van der Waals surface area contributed by atoms with Crippen molar-refractivity contribution in [2.75, 3.05) is 6.54 Å². The summed E-state index contributed by atoms with van der Waals surface area (Å²) in [6.07, 6.45) is 1.09. The van der Waals surface area contributed by atoms with Crippen molar-refractivity contribution in [1.82, 2.24) is 10.3 Å². The summed E-state index contributed by atoms with van der Waals surface area (Å²) in [4.78, 5) is 6.08. The van der Waals surface area contributed by atoms with Gasteiger partial charge in [-0.1, -0.05) is 30.3 Å². The number of benzene rings is 1. The zero-order chi connectivity index (χ0) is 12.9. The second kappa shape index (κ2) is 5.95. The predicted molar refractivity (Wildman–Crippen MR) is 81.5 cm³/mol. The molecule has 2 heterocycles. The van der Waals surface area contributed by atoms with Gasteiger partial charge in [-0.05, 0) is 30.0 Å². The molecular weight excluding hydrogens is 252 g/mol. The van der Waals surface area contributed by atoms with E-state index in [0.717, 1.165) is 30.7 Å². The minimum Gasteiger partial charge on any atom is -0.311 e. The number of para-hydroxylation sites is 1. The largest absolute Gasteiger partial charge is 0.311 e. The lowest BCUT2D eigenvalue weighted by Crippen LogP contribution is -2.17. The van der Waals surface area contributed by atoms with Crippen LogP contribution in [0, 0.1) is 0 Å². The number of rotatable bonds is 5. The number of pyridine rings is 1. The van der Waals surface area contributed by atoms with E-state index in [4.69, 9.17) is 0 Å². The number of aromatic nitrogens is 1. The van der Waals surface area contributed by atoms with Gasteiger partial charge in [0, 0.05) is 23.4 Å². The molecule has 0 amide bonds. The summed E-state index contributed by atoms with van der Waals surface area (Å²) in [5, 5.41) is 6.77. The highest BCUT2D eigenvalue weighted by molar-refractivity contribution is 7.09. The summed E-state index contributed by atoms with van der Waals surface area (Å²) in [6, 6.07) is 16.7. The maximum Gasteiger partial charge on any atom is 0.0705 e. The van der Waals surface area contributed by atoms with Gasteiger partial charge in [-0.25, -0.2) is 0 Å². The number of nitrogens with one attached hydrogen (secondary N) is 1. The van der Waals surface area contributed by atoms with Gasteiger partial charge in [-0.3, -0.25) is 4.98 Å². The molecule has 1 aromatic carbocycles. The first-order chi connectivity index (χ1) is 9.42. The highest BCUT2D eigenvalue weighted by Crippen LogP contribution is 2.12. The first-order valence-electron chi connectivity index (χ1n) is 6.49. The van der Waals surface area contributed by atoms with Crippen molar-refractivity contribution in [3.05, 3.63) is 64.5 Å². The normalized spacial score (nSPS) is 10.9. The van der Waals surface area contributed by atoms with E-state index in [9.17, 15) is 0 Å². The Labute approximate surface area is 117 Å². The van der Waals surface area contributed by atoms with Gasteiger partial charge in [-0.2, -0.15) is 0 Å². The molecule has 0 radical (unpaired) electrons. The average molecular weight is 268 g/mol. The molecule has 0 aliphatic heterocycles. The smallest absolute Gasteiger partial charge is 0.0705 e. The molecule has 19 heavy (non-hydrogen) atoms. The predicted octanol–water partition coefficient (Wildman–Crippen LogP) is 3.63. The lowest BCUT2D eigenvalue weighted by atomic mass is 10.2. The number of thiophene rings is 1. The molecular formula is C16H16N2S. The number of hydrogen-bond acceptors (Lipinski definition) is 3. The lowest BCUT2D eigenvalue weighted by Gasteiger charge is -2.05. The van der Waals surface area contributed by atoms with Crippen molar-refractivity contribution in [3.8, 4) is 0 Å². The Kier molecular flexibility index (Phi) is 3.86. The first-order valence-corrected chi connectivity index (χ1v) is 7.37. The van der Waals surface area contributed by atoms with Gasteiger partial charge in [-0.15, -0.1) is 11.3 Å². The number of hydrogen-bond donors (Lipinski definition) is 1. The van der Waals surface area contributed by atoms with Gasteiger partial charge in [0.15, 0.2) is 0 Å². The molecule has 2 nitrogen and oxygen atoms in total. The van der Waals surface area contributed by atoms with Crippen LogP contribution in [0.3, 0.4) is 0 Å². The van der Waals surface area contributed by atoms with Crippen LogP contribution in [0.5, 0.6) is 0 Å². The van der Waals surface area contributed by atoms with E-state index < -0.39 is 0 Å². The molecule has 0 aliphatic rings. The SMILES string of the molecule is c1csc(CCNCc2ccc3ccccc3n2)c1. The summed E-state index contributed by atoms with van der Waals surface area (Å²) in [5.41, 5.74) is 2.17. The number of nitrogens with zero attached hydrogens (tertiary/aromatic N) is 1. The summed E-state index contributed by atoms with van der Waals surface area (Å²) in [5.74, 6) is 0. The van der Waals surface area contributed by atoms with Gasteiger partial charge in [0.2, 0.25) is 0 Å². The minimum atomic E-state index is 0.830. The molecule has 0 unspecified atom stereocenters. The third kappa shape index (κ3) is 3.19. The maximum absolute atomic E-state index is 4.65. The quantitative estimate of drug-likeness (QED) is 0.715. The van der Waals surface area contributed by atoms with E-state index in [0.29, 0.717) is 0 Å². The Balaban J connectivity index is 1.56. The van der Waals surface area contributed by atoms with Crippen LogP contribution >= 0.6 is 11.3 Å². The third-order valence-corrected chi connectivity index (χ3v) is 4.03. The van der Waals surface area contributed by atoms with Crippen LogP contribution < -0.4 is 5.32 Å². The van der Waals surface area contributed by atoms with E-state index in [1.807, 2.05) is 23.5 Å². The highest BCUT2D eigenvalue weighted by Gasteiger charge is 1.98. The Bertz CT molecular complexity index is 647. The van der Waals surface area contributed by atoms with Gasteiger partial charge in [0.1, 0.15) is 0 Å². The van der Waals surface area contributed by atoms with Crippen LogP contribution in [0.1, 0.15) is 10.6 Å². The van der Waals surface area contributed by atoms with Gasteiger partial charge in [0.05, 0.1) is 11.2 Å². The van der Waals surface area contributed by atoms with Crippen molar-refractivity contribution < 1.29 is 0 Å². The van der Waals surface area contributed by atoms with Crippen LogP contribution in [0.15, 0.2) is 53.9 Å². The van der Waals surface area contributed by atoms with Crippen molar-refractivity contribution in [1.29, 1.82) is 0 Å². The Morgan fingerprint density at radius 2 is 1.95 bits per heavy atom. The molecule has 0 aliphatic carbocycles. The van der Waals surface area contributed by atoms with Crippen LogP contribution in [-0.2, 0) is 13.0 Å². The van der Waals surface area contributed by atoms with Crippen LogP contribution in [-0.4, -0.2) is 11.5 Å². The molecule has 2 aromatic heterocycles. The van der Waals surface area contributed by atoms with E-state index in [2.05, 4.69) is 52.1 Å². The molecule has 1 N–H and O–H groups in total. The molecule has 0 spiro atoms. The lowest BCUT2D eigenvalue weighted by molar-refractivity contribution is 0.680. The van der Waals surface area contributed by atoms with Crippen LogP contribution in [0.4, 0.5) is 0 Å². The van der Waals surface area contributed by atoms with Crippen molar-refractivity contribution >= 4 is 22.2 Å². The molecule has 3 aromatic rings. The van der Waals surface area contributed by atoms with Gasteiger partial charge < -0.3 is 5.32 Å². The van der Waals surface area contributed by atoms with Crippen molar-refractivity contribution in [2.45, 2.75) is 13.0 Å². The minimum absolute atomic E-state index is 0.830. The fourth-order valence-electron chi connectivity index (χ4n) is 2.09. The van der Waals surface area contributed by atoms with E-state index in [1.165, 1.54) is 10.3 Å². The van der Waals surface area contributed by atoms with Crippen molar-refractivity contribution in [3.63, 3.8) is 0 Å². The molecule has 96 valence electrons. The summed E-state index contributed by atoms with van der Waals surface area (Å²) < 4.78 is 0. The highest BCUT2D eigenvalue weighted by atomic mass is 32.1. The first kappa shape index (κ1) is 12.3. The zero-order valence-electron chi connectivity index (χ0n) is 10.7. The van der Waals surface area contributed by atoms with E-state index in [-0.39, 0.29) is 0 Å². The molecule has 3 heteroatoms. The molecule has 3 rings (SSSR count). The zero-order valence-corrected chi connectivity index (χ0v) is 11.5. The summed E-state index contributed by atoms with van der Waals surface area (Å²) in [6.45, 7) is 1.82. The van der Waals surface area contributed by atoms with Crippen LogP contribution in [0.2, 0.25) is 0 Å². The topological polar surface area (TPSA) is 24.9 Å². The molecule has 0 atom stereocenters. The molecule has 0 bridgehead atoms. The van der Waals surface area contributed by atoms with Crippen molar-refractivity contribution in [2.24, 2.45) is 0 Å². The Morgan fingerprint density at radius 1 is 1.00 bits per heavy atom. The second-order valence-electron chi connectivity index (χ2n) is 4.50. The van der Waals surface area contributed by atoms with E-state index >= 15 is 0 Å². The standard InChI is InChI=1S/C16H16N2S/c1-2-6-16-13(4-1)7-8-14(18-16)12-17-10-9-15-5-3-11-19-15/h1-8,11,17H,9-10,12H2. The fourth-order valence-corrected chi connectivity index (χ4v) is 2.80. The van der Waals surface area contributed by atoms with Gasteiger partial charge in [0.25, 0.3) is 0 Å².